The van der Waals surface area contributed by atoms with E-state index < -0.39 is 11.5 Å². The number of rotatable bonds is 6. The maximum atomic E-state index is 11.8. The number of hydrogen-bond donors (Lipinski definition) is 2. The Balaban J connectivity index is 4.61. The summed E-state index contributed by atoms with van der Waals surface area (Å²) in [6.07, 6.45) is 0.868. The number of carboxylic acids is 1. The molecule has 1 atom stereocenters. The lowest BCUT2D eigenvalue weighted by molar-refractivity contribution is -0.156. The van der Waals surface area contributed by atoms with E-state index >= 15 is 0 Å². The quantitative estimate of drug-likeness (QED) is 0.707. The SMILES string of the molecule is CCN(C(=O)CCC(C)N)C(C)(C)C(=O)O. The number of carbonyl (C=O) groups is 2. The van der Waals surface area contributed by atoms with Gasteiger partial charge in [-0.3, -0.25) is 4.79 Å². The summed E-state index contributed by atoms with van der Waals surface area (Å²) in [5, 5.41) is 9.05. The topological polar surface area (TPSA) is 83.6 Å². The van der Waals surface area contributed by atoms with Crippen molar-refractivity contribution in [3.8, 4) is 0 Å². The second-order valence-corrected chi connectivity index (χ2v) is 4.52. The first-order valence-corrected chi connectivity index (χ1v) is 5.52. The second kappa shape index (κ2) is 5.84. The Bertz CT molecular complexity index is 262. The fraction of sp³-hybridized carbons (Fsp3) is 0.818. The van der Waals surface area contributed by atoms with Crippen molar-refractivity contribution < 1.29 is 14.7 Å². The van der Waals surface area contributed by atoms with Crippen molar-refractivity contribution in [1.82, 2.24) is 4.90 Å². The van der Waals surface area contributed by atoms with Crippen molar-refractivity contribution in [3.63, 3.8) is 0 Å². The number of hydrogen-bond acceptors (Lipinski definition) is 3. The zero-order chi connectivity index (χ0) is 12.9. The maximum absolute atomic E-state index is 11.8. The molecule has 0 saturated heterocycles. The third-order valence-electron chi connectivity index (χ3n) is 2.63. The lowest BCUT2D eigenvalue weighted by Gasteiger charge is -2.34. The van der Waals surface area contributed by atoms with E-state index in [-0.39, 0.29) is 11.9 Å². The van der Waals surface area contributed by atoms with Gasteiger partial charge in [0.2, 0.25) is 5.91 Å². The molecule has 5 nitrogen and oxygen atoms in total. The van der Waals surface area contributed by atoms with Crippen LogP contribution in [0.25, 0.3) is 0 Å². The standard InChI is InChI=1S/C11H22N2O3/c1-5-13(11(3,4)10(15)16)9(14)7-6-8(2)12/h8H,5-7,12H2,1-4H3,(H,15,16). The van der Waals surface area contributed by atoms with Crippen molar-refractivity contribution in [1.29, 1.82) is 0 Å². The lowest BCUT2D eigenvalue weighted by Crippen LogP contribution is -2.53. The Morgan fingerprint density at radius 3 is 2.25 bits per heavy atom. The average Bonchev–Trinajstić information content (AvgIpc) is 2.15. The molecular weight excluding hydrogens is 208 g/mol. The molecule has 16 heavy (non-hydrogen) atoms. The van der Waals surface area contributed by atoms with E-state index in [4.69, 9.17) is 10.8 Å². The van der Waals surface area contributed by atoms with Gasteiger partial charge in [-0.1, -0.05) is 0 Å². The molecule has 1 unspecified atom stereocenters. The molecule has 0 rings (SSSR count). The zero-order valence-corrected chi connectivity index (χ0v) is 10.5. The van der Waals surface area contributed by atoms with Crippen LogP contribution in [0.15, 0.2) is 0 Å². The molecule has 0 aromatic heterocycles. The summed E-state index contributed by atoms with van der Waals surface area (Å²) in [7, 11) is 0. The molecule has 0 bridgehead atoms. The Hall–Kier alpha value is -1.10. The van der Waals surface area contributed by atoms with Gasteiger partial charge in [0.05, 0.1) is 0 Å². The highest BCUT2D eigenvalue weighted by Gasteiger charge is 2.36. The molecule has 0 aromatic carbocycles. The van der Waals surface area contributed by atoms with Crippen LogP contribution in [0, 0.1) is 0 Å². The molecule has 0 saturated carbocycles. The van der Waals surface area contributed by atoms with Crippen molar-refractivity contribution in [2.24, 2.45) is 5.73 Å². The smallest absolute Gasteiger partial charge is 0.329 e. The Kier molecular flexibility index (Phi) is 5.44. The highest BCUT2D eigenvalue weighted by atomic mass is 16.4. The van der Waals surface area contributed by atoms with E-state index in [9.17, 15) is 9.59 Å². The van der Waals surface area contributed by atoms with Crippen LogP contribution in [-0.2, 0) is 9.59 Å². The molecule has 5 heteroatoms. The molecule has 0 spiro atoms. The predicted molar refractivity (Wildman–Crippen MR) is 62.0 cm³/mol. The fourth-order valence-electron chi connectivity index (χ4n) is 1.48. The highest BCUT2D eigenvalue weighted by molar-refractivity contribution is 5.86. The van der Waals surface area contributed by atoms with E-state index in [0.29, 0.717) is 19.4 Å². The van der Waals surface area contributed by atoms with Crippen molar-refractivity contribution >= 4 is 11.9 Å². The Labute approximate surface area is 96.6 Å². The molecule has 0 heterocycles. The third-order valence-corrected chi connectivity index (χ3v) is 2.63. The van der Waals surface area contributed by atoms with E-state index in [1.807, 2.05) is 6.92 Å². The second-order valence-electron chi connectivity index (χ2n) is 4.52. The minimum absolute atomic E-state index is 0.0457. The first kappa shape index (κ1) is 14.9. The number of carbonyl (C=O) groups excluding carboxylic acids is 1. The molecule has 0 aromatic rings. The van der Waals surface area contributed by atoms with Gasteiger partial charge < -0.3 is 15.7 Å². The average molecular weight is 230 g/mol. The van der Waals surface area contributed by atoms with Crippen LogP contribution in [0.5, 0.6) is 0 Å². The van der Waals surface area contributed by atoms with E-state index in [2.05, 4.69) is 0 Å². The number of carboxylic acid groups (broad SMARTS) is 1. The van der Waals surface area contributed by atoms with E-state index in [1.54, 1.807) is 6.92 Å². The van der Waals surface area contributed by atoms with Gasteiger partial charge in [-0.25, -0.2) is 4.79 Å². The van der Waals surface area contributed by atoms with Gasteiger partial charge in [0.25, 0.3) is 0 Å². The molecule has 1 amide bonds. The monoisotopic (exact) mass is 230 g/mol. The molecule has 0 radical (unpaired) electrons. The summed E-state index contributed by atoms with van der Waals surface area (Å²) in [5.74, 6) is -1.16. The number of nitrogens with two attached hydrogens (primary N) is 1. The molecule has 0 aliphatic carbocycles. The van der Waals surface area contributed by atoms with Crippen LogP contribution >= 0.6 is 0 Å². The predicted octanol–water partition coefficient (Wildman–Crippen LogP) is 0.825. The number of amides is 1. The Morgan fingerprint density at radius 1 is 1.44 bits per heavy atom. The maximum Gasteiger partial charge on any atom is 0.329 e. The van der Waals surface area contributed by atoms with Crippen LogP contribution in [-0.4, -0.2) is 40.0 Å². The van der Waals surface area contributed by atoms with Crippen LogP contribution in [0.1, 0.15) is 40.5 Å². The van der Waals surface area contributed by atoms with Crippen LogP contribution in [0.2, 0.25) is 0 Å². The van der Waals surface area contributed by atoms with Crippen molar-refractivity contribution in [3.05, 3.63) is 0 Å². The first-order valence-electron chi connectivity index (χ1n) is 5.52. The van der Waals surface area contributed by atoms with Gasteiger partial charge >= 0.3 is 5.97 Å². The van der Waals surface area contributed by atoms with E-state index in [1.165, 1.54) is 18.7 Å². The van der Waals surface area contributed by atoms with E-state index in [0.717, 1.165) is 0 Å². The molecule has 0 aliphatic heterocycles. The minimum atomic E-state index is -1.16. The number of nitrogens with zero attached hydrogens (tertiary/aromatic N) is 1. The normalized spacial score (nSPS) is 13.3. The largest absolute Gasteiger partial charge is 0.480 e. The van der Waals surface area contributed by atoms with Gasteiger partial charge in [0.1, 0.15) is 5.54 Å². The molecule has 0 aliphatic rings. The van der Waals surface area contributed by atoms with Crippen molar-refractivity contribution in [2.45, 2.75) is 52.1 Å². The fourth-order valence-corrected chi connectivity index (χ4v) is 1.48. The van der Waals surface area contributed by atoms with Crippen molar-refractivity contribution in [2.75, 3.05) is 6.54 Å². The van der Waals surface area contributed by atoms with Gasteiger partial charge in [-0.2, -0.15) is 0 Å². The summed E-state index contributed by atoms with van der Waals surface area (Å²) < 4.78 is 0. The first-order chi connectivity index (χ1) is 7.23. The molecule has 94 valence electrons. The number of likely N-dealkylation sites (N-methyl/N-ethyl adjacent to an activating group) is 1. The van der Waals surface area contributed by atoms with Gasteiger partial charge in [-0.15, -0.1) is 0 Å². The summed E-state index contributed by atoms with van der Waals surface area (Å²) in [6.45, 7) is 7.04. The molecule has 0 fully saturated rings. The Morgan fingerprint density at radius 2 is 1.94 bits per heavy atom. The molecule has 3 N–H and O–H groups in total. The highest BCUT2D eigenvalue weighted by Crippen LogP contribution is 2.16. The summed E-state index contributed by atoms with van der Waals surface area (Å²) in [5.41, 5.74) is 4.40. The number of aliphatic carboxylic acids is 1. The van der Waals surface area contributed by atoms with Crippen LogP contribution in [0.4, 0.5) is 0 Å². The van der Waals surface area contributed by atoms with Gasteiger partial charge in [0, 0.05) is 19.0 Å². The lowest BCUT2D eigenvalue weighted by atomic mass is 10.0. The van der Waals surface area contributed by atoms with Crippen LogP contribution in [0.3, 0.4) is 0 Å². The summed E-state index contributed by atoms with van der Waals surface area (Å²) in [6, 6.07) is -0.0457. The molecular formula is C11H22N2O3. The summed E-state index contributed by atoms with van der Waals surface area (Å²) in [4.78, 5) is 24.3. The third kappa shape index (κ3) is 3.81. The van der Waals surface area contributed by atoms with Crippen LogP contribution < -0.4 is 5.73 Å². The summed E-state index contributed by atoms with van der Waals surface area (Å²) >= 11 is 0. The minimum Gasteiger partial charge on any atom is -0.480 e. The zero-order valence-electron chi connectivity index (χ0n) is 10.5. The van der Waals surface area contributed by atoms with Gasteiger partial charge in [0.15, 0.2) is 0 Å². The van der Waals surface area contributed by atoms with Gasteiger partial charge in [-0.05, 0) is 34.1 Å².